The van der Waals surface area contributed by atoms with Crippen molar-refractivity contribution in [3.63, 3.8) is 0 Å². The first-order valence-corrected chi connectivity index (χ1v) is 12.7. The normalized spacial score (nSPS) is 27.4. The van der Waals surface area contributed by atoms with E-state index in [0.29, 0.717) is 37.3 Å². The second-order valence-corrected chi connectivity index (χ2v) is 11.8. The molecule has 2 aliphatic heterocycles. The van der Waals surface area contributed by atoms with Crippen LogP contribution < -0.4 is 15.4 Å². The van der Waals surface area contributed by atoms with Gasteiger partial charge in [-0.15, -0.1) is 0 Å². The van der Waals surface area contributed by atoms with E-state index >= 15 is 0 Å². The molecule has 1 aromatic rings. The van der Waals surface area contributed by atoms with Gasteiger partial charge in [0.05, 0.1) is 6.04 Å². The van der Waals surface area contributed by atoms with Crippen molar-refractivity contribution in [2.24, 2.45) is 11.8 Å². The summed E-state index contributed by atoms with van der Waals surface area (Å²) < 4.78 is 11.5. The number of fused-ring (bicyclic) bond motifs is 1. The number of carbonyl (C=O) groups is 2. The highest BCUT2D eigenvalue weighted by molar-refractivity contribution is 6.31. The second kappa shape index (κ2) is 9.28. The second-order valence-electron chi connectivity index (χ2n) is 11.4. The molecule has 1 aromatic carbocycles. The molecule has 4 atom stereocenters. The third-order valence-corrected chi connectivity index (χ3v) is 7.65. The number of carbonyl (C=O) groups excluding carboxylic acids is 2. The molecule has 3 N–H and O–H groups in total. The van der Waals surface area contributed by atoms with Crippen LogP contribution in [0.25, 0.3) is 0 Å². The highest BCUT2D eigenvalue weighted by atomic mass is 35.5. The van der Waals surface area contributed by atoms with Gasteiger partial charge in [0.25, 0.3) is 0 Å². The number of halogens is 1. The minimum Gasteiger partial charge on any atom is -0.487 e. The maximum absolute atomic E-state index is 13.4. The molecule has 1 aliphatic carbocycles. The van der Waals surface area contributed by atoms with Crippen molar-refractivity contribution in [2.75, 3.05) is 13.7 Å². The summed E-state index contributed by atoms with van der Waals surface area (Å²) in [5, 5.41) is 15.5. The fourth-order valence-electron chi connectivity index (χ4n) is 5.46. The SMILES string of the molecule is COCC[C@H]([C@@H]1C[C@H]1C(=O)N[C@@H]1CC(C)(C)Oc2cc(C)c(Cl)cc21)N1C(=N)NC(C)(C)CC1=O. The molecule has 0 spiro atoms. The highest BCUT2D eigenvalue weighted by Gasteiger charge is 2.53. The smallest absolute Gasteiger partial charge is 0.231 e. The molecule has 2 heterocycles. The number of methoxy groups -OCH3 is 1. The first-order valence-electron chi connectivity index (χ1n) is 12.3. The summed E-state index contributed by atoms with van der Waals surface area (Å²) in [5.74, 6) is 0.487. The van der Waals surface area contributed by atoms with E-state index in [4.69, 9.17) is 26.5 Å². The molecule has 1 saturated carbocycles. The van der Waals surface area contributed by atoms with Gasteiger partial charge in [-0.2, -0.15) is 0 Å². The molecule has 0 aromatic heterocycles. The van der Waals surface area contributed by atoms with Crippen LogP contribution in [-0.4, -0.2) is 53.6 Å². The van der Waals surface area contributed by atoms with Crippen molar-refractivity contribution in [1.29, 1.82) is 5.41 Å². The maximum atomic E-state index is 13.4. The molecule has 35 heavy (non-hydrogen) atoms. The predicted octanol–water partition coefficient (Wildman–Crippen LogP) is 3.94. The molecule has 0 bridgehead atoms. The molecular weight excluding hydrogens is 468 g/mol. The Balaban J connectivity index is 1.50. The summed E-state index contributed by atoms with van der Waals surface area (Å²) in [6.07, 6.45) is 2.18. The lowest BCUT2D eigenvalue weighted by Gasteiger charge is -2.42. The Bertz CT molecular complexity index is 1020. The fraction of sp³-hybridized carbons (Fsp3) is 0.654. The van der Waals surface area contributed by atoms with Crippen molar-refractivity contribution in [3.05, 3.63) is 28.3 Å². The number of nitrogens with one attached hydrogen (secondary N) is 3. The summed E-state index contributed by atoms with van der Waals surface area (Å²) in [6, 6.07) is 3.35. The Morgan fingerprint density at radius 2 is 2.09 bits per heavy atom. The van der Waals surface area contributed by atoms with Crippen LogP contribution in [0.1, 0.15) is 70.5 Å². The van der Waals surface area contributed by atoms with E-state index in [9.17, 15) is 9.59 Å². The molecule has 9 heteroatoms. The summed E-state index contributed by atoms with van der Waals surface area (Å²) >= 11 is 6.40. The van der Waals surface area contributed by atoms with Gasteiger partial charge >= 0.3 is 0 Å². The van der Waals surface area contributed by atoms with Crippen molar-refractivity contribution < 1.29 is 19.1 Å². The largest absolute Gasteiger partial charge is 0.487 e. The number of benzene rings is 1. The van der Waals surface area contributed by atoms with Gasteiger partial charge in [-0.05, 0) is 71.1 Å². The van der Waals surface area contributed by atoms with Gasteiger partial charge in [-0.25, -0.2) is 0 Å². The fourth-order valence-corrected chi connectivity index (χ4v) is 5.63. The van der Waals surface area contributed by atoms with Crippen molar-refractivity contribution in [1.82, 2.24) is 15.5 Å². The quantitative estimate of drug-likeness (QED) is 0.521. The summed E-state index contributed by atoms with van der Waals surface area (Å²) in [4.78, 5) is 27.9. The average molecular weight is 505 g/mol. The number of ether oxygens (including phenoxy) is 2. The van der Waals surface area contributed by atoms with Gasteiger partial charge in [0.1, 0.15) is 11.4 Å². The van der Waals surface area contributed by atoms with E-state index < -0.39 is 11.1 Å². The number of aryl methyl sites for hydroxylation is 1. The Hall–Kier alpha value is -2.32. The summed E-state index contributed by atoms with van der Waals surface area (Å²) in [5.41, 5.74) is 0.936. The Morgan fingerprint density at radius 1 is 1.37 bits per heavy atom. The third-order valence-electron chi connectivity index (χ3n) is 7.24. The predicted molar refractivity (Wildman–Crippen MR) is 135 cm³/mol. The topological polar surface area (TPSA) is 104 Å². The van der Waals surface area contributed by atoms with Crippen molar-refractivity contribution >= 4 is 29.4 Å². The molecule has 3 aliphatic rings. The molecule has 4 rings (SSSR count). The summed E-state index contributed by atoms with van der Waals surface area (Å²) in [6.45, 7) is 10.2. The van der Waals surface area contributed by atoms with Crippen LogP contribution in [0.3, 0.4) is 0 Å². The van der Waals surface area contributed by atoms with Crippen LogP contribution in [0.4, 0.5) is 0 Å². The zero-order valence-corrected chi connectivity index (χ0v) is 22.2. The maximum Gasteiger partial charge on any atom is 0.231 e. The average Bonchev–Trinajstić information content (AvgIpc) is 3.51. The monoisotopic (exact) mass is 504 g/mol. The third kappa shape index (κ3) is 5.43. The van der Waals surface area contributed by atoms with Crippen LogP contribution in [0.15, 0.2) is 12.1 Å². The Kier molecular flexibility index (Phi) is 6.83. The number of hydrogen-bond donors (Lipinski definition) is 3. The molecule has 2 amide bonds. The number of nitrogens with zero attached hydrogens (tertiary/aromatic N) is 1. The number of hydrogen-bond acceptors (Lipinski definition) is 5. The first kappa shape index (κ1) is 25.8. The standard InChI is InChI=1S/C26H37ClN4O4/c1-14-9-21-17(11-18(14)27)19(12-26(4,5)35-21)29-23(33)16-10-15(16)20(7-8-34-6)31-22(32)13-25(2,3)30-24(31)28/h9,11,15-16,19-20H,7-8,10,12-13H2,1-6H3,(H2,28,30)(H,29,33)/t15-,16-,19-,20-/m1/s1. The van der Waals surface area contributed by atoms with Crippen LogP contribution in [-0.2, 0) is 14.3 Å². The van der Waals surface area contributed by atoms with Crippen LogP contribution in [0.5, 0.6) is 5.75 Å². The zero-order valence-electron chi connectivity index (χ0n) is 21.5. The molecule has 8 nitrogen and oxygen atoms in total. The van der Waals surface area contributed by atoms with E-state index in [1.54, 1.807) is 7.11 Å². The van der Waals surface area contributed by atoms with Gasteiger partial charge in [-0.1, -0.05) is 11.6 Å². The van der Waals surface area contributed by atoms with Gasteiger partial charge in [0, 0.05) is 54.6 Å². The highest BCUT2D eigenvalue weighted by Crippen LogP contribution is 2.47. The number of guanidine groups is 1. The van der Waals surface area contributed by atoms with E-state index in [-0.39, 0.29) is 41.7 Å². The first-order chi connectivity index (χ1) is 16.3. The number of amides is 2. The zero-order chi connectivity index (χ0) is 25.7. The van der Waals surface area contributed by atoms with Crippen LogP contribution >= 0.6 is 11.6 Å². The molecule has 192 valence electrons. The van der Waals surface area contributed by atoms with Gasteiger partial charge in [0.15, 0.2) is 5.96 Å². The Morgan fingerprint density at radius 3 is 2.74 bits per heavy atom. The summed E-state index contributed by atoms with van der Waals surface area (Å²) in [7, 11) is 1.62. The lowest BCUT2D eigenvalue weighted by atomic mass is 9.89. The van der Waals surface area contributed by atoms with Crippen molar-refractivity contribution in [2.45, 2.75) is 83.5 Å². The Labute approximate surface area is 212 Å². The van der Waals surface area contributed by atoms with Gasteiger partial charge < -0.3 is 20.1 Å². The van der Waals surface area contributed by atoms with Crippen molar-refractivity contribution in [3.8, 4) is 5.75 Å². The number of rotatable bonds is 7. The van der Waals surface area contributed by atoms with E-state index in [1.165, 1.54) is 4.90 Å². The van der Waals surface area contributed by atoms with Crippen LogP contribution in [0, 0.1) is 24.2 Å². The van der Waals surface area contributed by atoms with E-state index in [0.717, 1.165) is 16.9 Å². The van der Waals surface area contributed by atoms with Crippen LogP contribution in [0.2, 0.25) is 5.02 Å². The van der Waals surface area contributed by atoms with Gasteiger partial charge in [-0.3, -0.25) is 19.9 Å². The van der Waals surface area contributed by atoms with E-state index in [1.807, 2.05) is 46.8 Å². The lowest BCUT2D eigenvalue weighted by Crippen LogP contribution is -2.63. The molecule has 2 fully saturated rings. The minimum atomic E-state index is -0.459. The van der Waals surface area contributed by atoms with E-state index in [2.05, 4.69) is 10.6 Å². The molecule has 0 unspecified atom stereocenters. The molecular formula is C26H37ClN4O4. The lowest BCUT2D eigenvalue weighted by molar-refractivity contribution is -0.133. The molecule has 1 saturated heterocycles. The minimum absolute atomic E-state index is 0.0219. The van der Waals surface area contributed by atoms with Gasteiger partial charge in [0.2, 0.25) is 11.8 Å². The molecule has 0 radical (unpaired) electrons.